The average molecular weight is 522 g/mol. The van der Waals surface area contributed by atoms with Gasteiger partial charge in [-0.05, 0) is 40.0 Å². The summed E-state index contributed by atoms with van der Waals surface area (Å²) in [6.07, 6.45) is 24.5. The maximum absolute atomic E-state index is 13.7. The molecule has 0 aromatic carbocycles. The lowest BCUT2D eigenvalue weighted by atomic mass is 9.73. The average Bonchev–Trinajstić information content (AvgIpc) is 2.88. The molecular formula is C31H55NO5. The third-order valence-electron chi connectivity index (χ3n) is 6.59. The first-order valence-electron chi connectivity index (χ1n) is 14.7. The van der Waals surface area contributed by atoms with Crippen molar-refractivity contribution < 1.29 is 24.4 Å². The monoisotopic (exact) mass is 521 g/mol. The SMILES string of the molecule is C/C=C/C(C(=O)N(OCCC)OC(CC)CCCCCCCCCCCC)C(/C=C/C)(/C=C/C)C(=O)O. The Morgan fingerprint density at radius 2 is 1.35 bits per heavy atom. The Kier molecular flexibility index (Phi) is 21.0. The van der Waals surface area contributed by atoms with E-state index in [-0.39, 0.29) is 6.10 Å². The molecule has 0 saturated heterocycles. The smallest absolute Gasteiger partial charge is 0.318 e. The number of carbonyl (C=O) groups excluding carboxylic acids is 1. The van der Waals surface area contributed by atoms with Crippen molar-refractivity contribution in [3.8, 4) is 0 Å². The predicted octanol–water partition coefficient (Wildman–Crippen LogP) is 8.59. The number of rotatable bonds is 23. The van der Waals surface area contributed by atoms with Gasteiger partial charge in [-0.25, -0.2) is 9.68 Å². The maximum Gasteiger partial charge on any atom is 0.318 e. The molecule has 0 aliphatic rings. The van der Waals surface area contributed by atoms with Gasteiger partial charge in [-0.15, -0.1) is 0 Å². The number of nitrogens with zero attached hydrogens (tertiary/aromatic N) is 1. The number of hydroxylamine groups is 2. The van der Waals surface area contributed by atoms with E-state index in [2.05, 4.69) is 6.92 Å². The number of amides is 1. The van der Waals surface area contributed by atoms with Crippen molar-refractivity contribution in [1.82, 2.24) is 5.23 Å². The van der Waals surface area contributed by atoms with Crippen molar-refractivity contribution in [2.24, 2.45) is 11.3 Å². The molecule has 0 heterocycles. The number of hydrogen-bond acceptors (Lipinski definition) is 4. The number of aliphatic carboxylic acids is 1. The largest absolute Gasteiger partial charge is 0.480 e. The molecule has 2 atom stereocenters. The number of carboxylic acids is 1. The quantitative estimate of drug-likeness (QED) is 0.0827. The van der Waals surface area contributed by atoms with Gasteiger partial charge in [-0.1, -0.05) is 127 Å². The molecule has 0 aromatic rings. The normalized spacial score (nSPS) is 14.1. The molecule has 0 aliphatic carbocycles. The van der Waals surface area contributed by atoms with Gasteiger partial charge in [-0.3, -0.25) is 9.59 Å². The Bertz CT molecular complexity index is 673. The molecular weight excluding hydrogens is 466 g/mol. The van der Waals surface area contributed by atoms with Gasteiger partial charge in [0.2, 0.25) is 0 Å². The Labute approximate surface area is 227 Å². The van der Waals surface area contributed by atoms with Gasteiger partial charge in [0, 0.05) is 0 Å². The van der Waals surface area contributed by atoms with Crippen LogP contribution in [-0.4, -0.2) is 34.9 Å². The van der Waals surface area contributed by atoms with Crippen molar-refractivity contribution in [3.05, 3.63) is 36.5 Å². The van der Waals surface area contributed by atoms with Crippen LogP contribution in [0.2, 0.25) is 0 Å². The molecule has 2 unspecified atom stereocenters. The van der Waals surface area contributed by atoms with E-state index in [1.807, 2.05) is 13.8 Å². The van der Waals surface area contributed by atoms with Crippen molar-refractivity contribution in [3.63, 3.8) is 0 Å². The summed E-state index contributed by atoms with van der Waals surface area (Å²) in [4.78, 5) is 38.0. The van der Waals surface area contributed by atoms with Gasteiger partial charge in [0.1, 0.15) is 5.41 Å². The minimum atomic E-state index is -1.54. The Hall–Kier alpha value is -1.92. The van der Waals surface area contributed by atoms with Gasteiger partial charge in [0.15, 0.2) is 0 Å². The Morgan fingerprint density at radius 1 is 0.811 bits per heavy atom. The zero-order valence-electron chi connectivity index (χ0n) is 24.5. The maximum atomic E-state index is 13.7. The molecule has 0 spiro atoms. The number of hydrogen-bond donors (Lipinski definition) is 1. The van der Waals surface area contributed by atoms with Crippen LogP contribution in [0.3, 0.4) is 0 Å². The second-order valence-corrected chi connectivity index (χ2v) is 9.78. The number of carboxylic acid groups (broad SMARTS) is 1. The third-order valence-corrected chi connectivity index (χ3v) is 6.59. The van der Waals surface area contributed by atoms with E-state index in [4.69, 9.17) is 9.68 Å². The van der Waals surface area contributed by atoms with Crippen molar-refractivity contribution >= 4 is 11.9 Å². The van der Waals surface area contributed by atoms with Crippen LogP contribution in [0.15, 0.2) is 36.5 Å². The first-order valence-corrected chi connectivity index (χ1v) is 14.7. The molecule has 0 aliphatic heterocycles. The summed E-state index contributed by atoms with van der Waals surface area (Å²) in [5.74, 6) is -2.64. The standard InChI is InChI=1S/C31H55NO5/c1-7-13-14-15-16-17-18-19-20-21-23-27(12-6)37-32(36-26-11-5)29(33)28(22-8-2)31(24-9-3,25-10-4)30(34)35/h8-10,22,24-25,27-28H,7,11-21,23,26H2,1-6H3,(H,34,35)/b22-8+,24-9+,25-10+. The third kappa shape index (κ3) is 13.4. The summed E-state index contributed by atoms with van der Waals surface area (Å²) >= 11 is 0. The van der Waals surface area contributed by atoms with Gasteiger partial charge in [0.25, 0.3) is 5.91 Å². The van der Waals surface area contributed by atoms with E-state index < -0.39 is 23.2 Å². The number of carbonyl (C=O) groups is 2. The molecule has 1 amide bonds. The van der Waals surface area contributed by atoms with Gasteiger partial charge >= 0.3 is 5.97 Å². The molecule has 0 aromatic heterocycles. The Morgan fingerprint density at radius 3 is 1.78 bits per heavy atom. The van der Waals surface area contributed by atoms with Crippen molar-refractivity contribution in [1.29, 1.82) is 0 Å². The van der Waals surface area contributed by atoms with Gasteiger partial charge < -0.3 is 5.11 Å². The lowest BCUT2D eigenvalue weighted by molar-refractivity contribution is -0.362. The zero-order chi connectivity index (χ0) is 27.9. The summed E-state index contributed by atoms with van der Waals surface area (Å²) in [6, 6.07) is 0. The van der Waals surface area contributed by atoms with Crippen LogP contribution < -0.4 is 0 Å². The summed E-state index contributed by atoms with van der Waals surface area (Å²) in [6.45, 7) is 11.8. The van der Waals surface area contributed by atoms with Crippen LogP contribution in [0.25, 0.3) is 0 Å². The fourth-order valence-electron chi connectivity index (χ4n) is 4.49. The highest BCUT2D eigenvalue weighted by molar-refractivity contribution is 5.91. The Balaban J connectivity index is 5.29. The minimum absolute atomic E-state index is 0.177. The summed E-state index contributed by atoms with van der Waals surface area (Å²) in [5, 5.41) is 11.1. The summed E-state index contributed by atoms with van der Waals surface area (Å²) in [5.41, 5.74) is -1.54. The zero-order valence-corrected chi connectivity index (χ0v) is 24.5. The molecule has 0 saturated carbocycles. The number of allylic oxidation sites excluding steroid dienone is 3. The lowest BCUT2D eigenvalue weighted by Crippen LogP contribution is -2.47. The highest BCUT2D eigenvalue weighted by Crippen LogP contribution is 2.35. The first-order chi connectivity index (χ1) is 17.9. The molecule has 0 radical (unpaired) electrons. The van der Waals surface area contributed by atoms with Crippen LogP contribution in [0, 0.1) is 11.3 Å². The number of unbranched alkanes of at least 4 members (excludes halogenated alkanes) is 9. The van der Waals surface area contributed by atoms with Crippen LogP contribution >= 0.6 is 0 Å². The molecule has 0 rings (SSSR count). The summed E-state index contributed by atoms with van der Waals surface area (Å²) < 4.78 is 0. The molecule has 6 nitrogen and oxygen atoms in total. The molecule has 6 heteroatoms. The first kappa shape index (κ1) is 35.1. The van der Waals surface area contributed by atoms with Crippen LogP contribution in [0.4, 0.5) is 0 Å². The second-order valence-electron chi connectivity index (χ2n) is 9.78. The van der Waals surface area contributed by atoms with E-state index >= 15 is 0 Å². The van der Waals surface area contributed by atoms with E-state index in [1.165, 1.54) is 51.4 Å². The minimum Gasteiger partial charge on any atom is -0.480 e. The van der Waals surface area contributed by atoms with Crippen LogP contribution in [0.1, 0.15) is 125 Å². The van der Waals surface area contributed by atoms with E-state index in [9.17, 15) is 14.7 Å². The fourth-order valence-corrected chi connectivity index (χ4v) is 4.49. The highest BCUT2D eigenvalue weighted by atomic mass is 17.0. The molecule has 0 fully saturated rings. The topological polar surface area (TPSA) is 76.1 Å². The van der Waals surface area contributed by atoms with Crippen LogP contribution in [0.5, 0.6) is 0 Å². The molecule has 0 bridgehead atoms. The van der Waals surface area contributed by atoms with Crippen LogP contribution in [-0.2, 0) is 19.3 Å². The highest BCUT2D eigenvalue weighted by Gasteiger charge is 2.46. The predicted molar refractivity (Wildman–Crippen MR) is 153 cm³/mol. The van der Waals surface area contributed by atoms with E-state index in [0.29, 0.717) is 13.0 Å². The van der Waals surface area contributed by atoms with Gasteiger partial charge in [-0.2, -0.15) is 0 Å². The molecule has 1 N–H and O–H groups in total. The van der Waals surface area contributed by atoms with Crippen molar-refractivity contribution in [2.45, 2.75) is 131 Å². The molecule has 37 heavy (non-hydrogen) atoms. The second kappa shape index (κ2) is 22.1. The lowest BCUT2D eigenvalue weighted by Gasteiger charge is -2.33. The molecule has 214 valence electrons. The van der Waals surface area contributed by atoms with Crippen molar-refractivity contribution in [2.75, 3.05) is 6.61 Å². The summed E-state index contributed by atoms with van der Waals surface area (Å²) in [7, 11) is 0. The van der Waals surface area contributed by atoms with Gasteiger partial charge in [0.05, 0.1) is 18.6 Å². The van der Waals surface area contributed by atoms with E-state index in [0.717, 1.165) is 30.9 Å². The fraction of sp³-hybridized carbons (Fsp3) is 0.742. The van der Waals surface area contributed by atoms with E-state index in [1.54, 1.807) is 57.2 Å².